The standard InChI is InChI=1S/C8H20O3S2Si/c1-5-9-13(8-4,10-6-2,11-7-3)12-14-13/h5-8H2,1-4H3. The first-order valence-corrected chi connectivity index (χ1v) is 11.2. The average molecular weight is 256 g/mol. The molecule has 1 fully saturated rings. The van der Waals surface area contributed by atoms with Gasteiger partial charge in [0, 0.05) is 5.75 Å². The second kappa shape index (κ2) is 3.67. The van der Waals surface area contributed by atoms with Gasteiger partial charge in [0.05, 0.1) is 19.8 Å². The topological polar surface area (TPSA) is 27.7 Å². The zero-order valence-electron chi connectivity index (χ0n) is 9.37. The summed E-state index contributed by atoms with van der Waals surface area (Å²) in [4.78, 5) is 0. The number of hydrogen-bond donors (Lipinski definition) is 0. The quantitative estimate of drug-likeness (QED) is 0.398. The Morgan fingerprint density at radius 2 is 1.29 bits per heavy atom. The van der Waals surface area contributed by atoms with Crippen LogP contribution in [0.25, 0.3) is 0 Å². The van der Waals surface area contributed by atoms with Gasteiger partial charge >= 0.3 is 0 Å². The molecule has 14 heavy (non-hydrogen) atoms. The molecule has 1 heterocycles. The molecule has 1 aliphatic heterocycles. The van der Waals surface area contributed by atoms with Crippen molar-refractivity contribution in [1.82, 2.24) is 0 Å². The van der Waals surface area contributed by atoms with Crippen LogP contribution in [0.2, 0.25) is 0 Å². The molecular formula is C8H20O3S2Si. The van der Waals surface area contributed by atoms with E-state index in [-0.39, 0.29) is 0 Å². The zero-order valence-corrected chi connectivity index (χ0v) is 12.0. The molecule has 0 bridgehead atoms. The summed E-state index contributed by atoms with van der Waals surface area (Å²) in [6.45, 7) is 10.1. The Balaban J connectivity index is 2.97. The number of hydrogen-bond acceptors (Lipinski definition) is 4. The monoisotopic (exact) mass is 256 g/mol. The maximum Gasteiger partial charge on any atom is 0.278 e. The Kier molecular flexibility index (Phi) is 3.38. The lowest BCUT2D eigenvalue weighted by Gasteiger charge is -2.61. The van der Waals surface area contributed by atoms with Gasteiger partial charge in [-0.15, -0.1) is 0 Å². The molecule has 0 spiro atoms. The van der Waals surface area contributed by atoms with Crippen molar-refractivity contribution in [2.45, 2.75) is 27.7 Å². The molecule has 2 radical (unpaired) electrons. The Morgan fingerprint density at radius 3 is 1.43 bits per heavy atom. The largest absolute Gasteiger partial charge is 0.310 e. The van der Waals surface area contributed by atoms with E-state index in [1.54, 1.807) is 10.2 Å². The van der Waals surface area contributed by atoms with Gasteiger partial charge in [0.15, 0.2) is 0 Å². The van der Waals surface area contributed by atoms with Gasteiger partial charge < -0.3 is 12.5 Å². The van der Waals surface area contributed by atoms with Gasteiger partial charge in [0.1, 0.15) is 0 Å². The lowest BCUT2D eigenvalue weighted by atomic mass is 10.9. The molecular weight excluding hydrogens is 236 g/mol. The first-order valence-electron chi connectivity index (χ1n) is 5.06. The fraction of sp³-hybridized carbons (Fsp3) is 1.00. The summed E-state index contributed by atoms with van der Waals surface area (Å²) in [6, 6.07) is 0. The third-order valence-electron chi connectivity index (χ3n) is 2.23. The summed E-state index contributed by atoms with van der Waals surface area (Å²) in [5.41, 5.74) is 0. The Labute approximate surface area is 91.6 Å². The minimum absolute atomic E-state index is 0.624. The molecule has 0 aromatic heterocycles. The highest BCUT2D eigenvalue weighted by atomic mass is 33.5. The Bertz CT molecular complexity index is 204. The molecule has 0 saturated carbocycles. The fourth-order valence-corrected chi connectivity index (χ4v) is 18.0. The zero-order chi connectivity index (χ0) is 10.8. The third kappa shape index (κ3) is 1.66. The van der Waals surface area contributed by atoms with Crippen LogP contribution in [-0.4, -0.2) is 33.4 Å². The van der Waals surface area contributed by atoms with E-state index in [0.29, 0.717) is 27.6 Å². The van der Waals surface area contributed by atoms with Gasteiger partial charge in [0.2, 0.25) is 0 Å². The second-order valence-corrected chi connectivity index (χ2v) is 17.7. The molecule has 0 aliphatic carbocycles. The van der Waals surface area contributed by atoms with Crippen molar-refractivity contribution < 1.29 is 12.5 Å². The fourth-order valence-electron chi connectivity index (χ4n) is 1.54. The lowest BCUT2D eigenvalue weighted by molar-refractivity contribution is 0.173. The van der Waals surface area contributed by atoms with E-state index in [4.69, 9.17) is 12.5 Å². The summed E-state index contributed by atoms with van der Waals surface area (Å²) in [7, 11) is -0.601. The SMILES string of the molecule is CCOS1(CC)(OCC)(OCC)[Si]S1. The molecule has 0 N–H and O–H groups in total. The van der Waals surface area contributed by atoms with E-state index in [0.717, 1.165) is 5.75 Å². The van der Waals surface area contributed by atoms with E-state index in [9.17, 15) is 0 Å². The van der Waals surface area contributed by atoms with Crippen molar-refractivity contribution in [2.75, 3.05) is 25.6 Å². The highest BCUT2D eigenvalue weighted by Gasteiger charge is 2.76. The molecule has 86 valence electrons. The van der Waals surface area contributed by atoms with E-state index in [1.165, 1.54) is 0 Å². The van der Waals surface area contributed by atoms with Crippen LogP contribution in [-0.2, 0) is 12.5 Å². The molecule has 0 atom stereocenters. The van der Waals surface area contributed by atoms with Crippen LogP contribution in [0.5, 0.6) is 0 Å². The van der Waals surface area contributed by atoms with Crippen LogP contribution in [0.15, 0.2) is 0 Å². The summed E-state index contributed by atoms with van der Waals surface area (Å²) in [5, 5.41) is 0. The average Bonchev–Trinajstić information content (AvgIpc) is 2.82. The second-order valence-electron chi connectivity index (χ2n) is 3.03. The Hall–Kier alpha value is 0.797. The van der Waals surface area contributed by atoms with Gasteiger partial charge in [0.25, 0.3) is 7.82 Å². The predicted molar refractivity (Wildman–Crippen MR) is 66.4 cm³/mol. The predicted octanol–water partition coefficient (Wildman–Crippen LogP) is 2.93. The van der Waals surface area contributed by atoms with E-state index < -0.39 is 7.62 Å². The molecule has 1 rings (SSSR count). The van der Waals surface area contributed by atoms with Crippen LogP contribution >= 0.6 is 17.9 Å². The molecule has 0 aromatic rings. The Morgan fingerprint density at radius 1 is 0.929 bits per heavy atom. The van der Waals surface area contributed by atoms with Crippen LogP contribution < -0.4 is 0 Å². The minimum Gasteiger partial charge on any atom is -0.310 e. The normalized spacial score (nSPS) is 30.9. The molecule has 0 unspecified atom stereocenters. The van der Waals surface area contributed by atoms with Crippen LogP contribution in [0.4, 0.5) is 0 Å². The first-order chi connectivity index (χ1) is 6.56. The van der Waals surface area contributed by atoms with Gasteiger partial charge in [-0.2, -0.15) is 0 Å². The van der Waals surface area contributed by atoms with Crippen molar-refractivity contribution in [2.24, 2.45) is 0 Å². The van der Waals surface area contributed by atoms with Crippen LogP contribution in [0.3, 0.4) is 0 Å². The van der Waals surface area contributed by atoms with E-state index in [2.05, 4.69) is 6.92 Å². The molecule has 0 aromatic carbocycles. The maximum absolute atomic E-state index is 5.99. The summed E-state index contributed by atoms with van der Waals surface area (Å²) in [6.07, 6.45) is 0. The van der Waals surface area contributed by atoms with Crippen molar-refractivity contribution in [3.05, 3.63) is 0 Å². The molecule has 1 aliphatic rings. The summed E-state index contributed by atoms with van der Waals surface area (Å²) < 4.78 is 18.0. The van der Waals surface area contributed by atoms with Gasteiger partial charge in [-0.3, -0.25) is 0 Å². The van der Waals surface area contributed by atoms with E-state index in [1.807, 2.05) is 20.8 Å². The summed E-state index contributed by atoms with van der Waals surface area (Å²) >= 11 is 0. The first kappa shape index (κ1) is 12.9. The lowest BCUT2D eigenvalue weighted by Crippen LogP contribution is -2.33. The molecule has 1 saturated heterocycles. The minimum atomic E-state index is -2.99. The molecule has 3 nitrogen and oxygen atoms in total. The van der Waals surface area contributed by atoms with Crippen molar-refractivity contribution >= 4 is 25.7 Å². The van der Waals surface area contributed by atoms with Crippen LogP contribution in [0.1, 0.15) is 27.7 Å². The summed E-state index contributed by atoms with van der Waals surface area (Å²) in [5.74, 6) is 0.846. The van der Waals surface area contributed by atoms with Gasteiger partial charge in [-0.05, 0) is 28.4 Å². The molecule has 0 amide bonds. The molecule has 6 heteroatoms. The maximum atomic E-state index is 5.99. The van der Waals surface area contributed by atoms with Gasteiger partial charge in [-0.1, -0.05) is 17.2 Å². The van der Waals surface area contributed by atoms with Crippen molar-refractivity contribution in [3.63, 3.8) is 0 Å². The van der Waals surface area contributed by atoms with Crippen LogP contribution in [0, 0.1) is 0 Å². The number of rotatable bonds is 7. The van der Waals surface area contributed by atoms with E-state index >= 15 is 0 Å². The van der Waals surface area contributed by atoms with Gasteiger partial charge in [-0.25, -0.2) is 0 Å². The van der Waals surface area contributed by atoms with Crippen molar-refractivity contribution in [3.8, 4) is 0 Å². The highest BCUT2D eigenvalue weighted by Crippen LogP contribution is 3.10. The highest BCUT2D eigenvalue weighted by molar-refractivity contribution is 9.42. The smallest absolute Gasteiger partial charge is 0.278 e. The third-order valence-corrected chi connectivity index (χ3v) is 19.9. The van der Waals surface area contributed by atoms with Crippen molar-refractivity contribution in [1.29, 1.82) is 0 Å².